The van der Waals surface area contributed by atoms with Crippen molar-refractivity contribution < 1.29 is 18.9 Å². The van der Waals surface area contributed by atoms with E-state index in [-0.39, 0.29) is 23.3 Å². The van der Waals surface area contributed by atoms with Gasteiger partial charge in [0, 0.05) is 12.4 Å². The lowest BCUT2D eigenvalue weighted by molar-refractivity contribution is 0.329. The van der Waals surface area contributed by atoms with Crippen LogP contribution in [0.3, 0.4) is 0 Å². The highest BCUT2D eigenvalue weighted by atomic mass is 16.6. The molecule has 2 heterocycles. The van der Waals surface area contributed by atoms with Crippen LogP contribution in [0.4, 0.5) is 0 Å². The summed E-state index contributed by atoms with van der Waals surface area (Å²) in [7, 11) is 3.06. The molecule has 4 aromatic rings. The number of aromatic nitrogens is 4. The van der Waals surface area contributed by atoms with Gasteiger partial charge in [0.15, 0.2) is 17.3 Å². The molecule has 8 heteroatoms. The van der Waals surface area contributed by atoms with E-state index in [0.29, 0.717) is 23.1 Å². The Morgan fingerprint density at radius 2 is 1.31 bits per heavy atom. The first kappa shape index (κ1) is 21.0. The fourth-order valence-electron chi connectivity index (χ4n) is 3.14. The third-order valence-electron chi connectivity index (χ3n) is 4.45. The second-order valence-electron chi connectivity index (χ2n) is 6.94. The molecule has 0 atom stereocenters. The number of ether oxygens (including phenoxy) is 4. The number of aryl methyl sites for hydroxylation is 2. The Morgan fingerprint density at radius 1 is 0.656 bits per heavy atom. The molecule has 0 amide bonds. The SMILES string of the molecule is COc1ccccc1Oc1c(OC)nc(-c2ncccn2)nc1Oc1cc(C)cc(C)c1. The molecule has 162 valence electrons. The molecule has 0 unspecified atom stereocenters. The lowest BCUT2D eigenvalue weighted by Crippen LogP contribution is -2.03. The number of nitrogens with zero attached hydrogens (tertiary/aromatic N) is 4. The number of benzene rings is 2. The maximum absolute atomic E-state index is 6.17. The Labute approximate surface area is 185 Å². The highest BCUT2D eigenvalue weighted by Crippen LogP contribution is 2.43. The quantitative estimate of drug-likeness (QED) is 0.398. The standard InChI is InChI=1S/C24H22N4O4/c1-15-12-16(2)14-17(13-15)31-24-20(32-19-9-6-5-8-18(19)29-3)23(30-4)27-22(28-24)21-25-10-7-11-26-21/h5-14H,1-4H3. The van der Waals surface area contributed by atoms with Crippen molar-refractivity contribution in [1.82, 2.24) is 19.9 Å². The summed E-state index contributed by atoms with van der Waals surface area (Å²) in [5.74, 6) is 2.73. The summed E-state index contributed by atoms with van der Waals surface area (Å²) in [6.07, 6.45) is 3.23. The van der Waals surface area contributed by atoms with Crippen LogP contribution in [0.25, 0.3) is 11.6 Å². The van der Waals surface area contributed by atoms with Crippen LogP contribution in [-0.4, -0.2) is 34.2 Å². The molecule has 0 spiro atoms. The normalized spacial score (nSPS) is 10.5. The average molecular weight is 430 g/mol. The maximum Gasteiger partial charge on any atom is 0.271 e. The summed E-state index contributed by atoms with van der Waals surface area (Å²) in [5, 5.41) is 0. The molecule has 0 aliphatic rings. The summed E-state index contributed by atoms with van der Waals surface area (Å²) < 4.78 is 23.2. The highest BCUT2D eigenvalue weighted by Gasteiger charge is 2.23. The van der Waals surface area contributed by atoms with Gasteiger partial charge in [0.05, 0.1) is 14.2 Å². The van der Waals surface area contributed by atoms with Gasteiger partial charge < -0.3 is 18.9 Å². The molecular formula is C24H22N4O4. The molecule has 0 fully saturated rings. The molecule has 8 nitrogen and oxygen atoms in total. The third-order valence-corrected chi connectivity index (χ3v) is 4.45. The number of hydrogen-bond acceptors (Lipinski definition) is 8. The first-order chi connectivity index (χ1) is 15.6. The van der Waals surface area contributed by atoms with E-state index in [1.165, 1.54) is 7.11 Å². The van der Waals surface area contributed by atoms with Gasteiger partial charge >= 0.3 is 0 Å². The van der Waals surface area contributed by atoms with Gasteiger partial charge in [-0.3, -0.25) is 0 Å². The summed E-state index contributed by atoms with van der Waals surface area (Å²) in [6, 6.07) is 14.8. The van der Waals surface area contributed by atoms with E-state index < -0.39 is 0 Å². The molecule has 0 radical (unpaired) electrons. The van der Waals surface area contributed by atoms with Gasteiger partial charge in [-0.05, 0) is 55.3 Å². The van der Waals surface area contributed by atoms with Crippen LogP contribution >= 0.6 is 0 Å². The molecule has 32 heavy (non-hydrogen) atoms. The Morgan fingerprint density at radius 3 is 1.97 bits per heavy atom. The molecule has 0 N–H and O–H groups in total. The van der Waals surface area contributed by atoms with Crippen molar-refractivity contribution in [2.24, 2.45) is 0 Å². The summed E-state index contributed by atoms with van der Waals surface area (Å²) >= 11 is 0. The monoisotopic (exact) mass is 430 g/mol. The number of rotatable bonds is 7. The molecule has 0 saturated carbocycles. The molecular weight excluding hydrogens is 408 g/mol. The van der Waals surface area contributed by atoms with Crippen LogP contribution in [0.2, 0.25) is 0 Å². The van der Waals surface area contributed by atoms with Crippen LogP contribution in [0.15, 0.2) is 60.9 Å². The van der Waals surface area contributed by atoms with Gasteiger partial charge in [-0.1, -0.05) is 18.2 Å². The minimum absolute atomic E-state index is 0.162. The van der Waals surface area contributed by atoms with E-state index >= 15 is 0 Å². The van der Waals surface area contributed by atoms with Crippen molar-refractivity contribution in [1.29, 1.82) is 0 Å². The predicted octanol–water partition coefficient (Wildman–Crippen LogP) is 5.15. The summed E-state index contributed by atoms with van der Waals surface area (Å²) in [5.41, 5.74) is 2.11. The van der Waals surface area contributed by atoms with Crippen molar-refractivity contribution in [3.63, 3.8) is 0 Å². The minimum Gasteiger partial charge on any atom is -0.493 e. The van der Waals surface area contributed by atoms with Crippen LogP contribution in [0.1, 0.15) is 11.1 Å². The van der Waals surface area contributed by atoms with Crippen molar-refractivity contribution in [3.8, 4) is 46.4 Å². The van der Waals surface area contributed by atoms with E-state index in [1.54, 1.807) is 37.7 Å². The predicted molar refractivity (Wildman–Crippen MR) is 119 cm³/mol. The molecule has 0 saturated heterocycles. The Balaban J connectivity index is 1.86. The fourth-order valence-corrected chi connectivity index (χ4v) is 3.14. The number of hydrogen-bond donors (Lipinski definition) is 0. The molecule has 2 aromatic carbocycles. The Hall–Kier alpha value is -4.20. The van der Waals surface area contributed by atoms with Crippen LogP contribution in [0.5, 0.6) is 34.8 Å². The van der Waals surface area contributed by atoms with Gasteiger partial charge in [0.25, 0.3) is 17.5 Å². The number of methoxy groups -OCH3 is 2. The molecule has 0 aliphatic heterocycles. The molecule has 0 bridgehead atoms. The summed E-state index contributed by atoms with van der Waals surface area (Å²) in [6.45, 7) is 3.99. The van der Waals surface area contributed by atoms with E-state index in [0.717, 1.165) is 11.1 Å². The first-order valence-electron chi connectivity index (χ1n) is 9.88. The van der Waals surface area contributed by atoms with Gasteiger partial charge in [-0.15, -0.1) is 0 Å². The average Bonchev–Trinajstić information content (AvgIpc) is 2.80. The summed E-state index contributed by atoms with van der Waals surface area (Å²) in [4.78, 5) is 17.5. The first-order valence-corrected chi connectivity index (χ1v) is 9.88. The van der Waals surface area contributed by atoms with Crippen LogP contribution in [-0.2, 0) is 0 Å². The van der Waals surface area contributed by atoms with Gasteiger partial charge in [0.2, 0.25) is 5.82 Å². The largest absolute Gasteiger partial charge is 0.493 e. The Kier molecular flexibility index (Phi) is 6.12. The number of para-hydroxylation sites is 2. The zero-order chi connectivity index (χ0) is 22.5. The van der Waals surface area contributed by atoms with Crippen molar-refractivity contribution in [3.05, 3.63) is 72.1 Å². The molecule has 0 aliphatic carbocycles. The second kappa shape index (κ2) is 9.30. The topological polar surface area (TPSA) is 88.5 Å². The lowest BCUT2D eigenvalue weighted by atomic mass is 10.1. The Bertz CT molecular complexity index is 1210. The fraction of sp³-hybridized carbons (Fsp3) is 0.167. The van der Waals surface area contributed by atoms with E-state index in [1.807, 2.05) is 38.1 Å². The van der Waals surface area contributed by atoms with Gasteiger partial charge in [-0.2, -0.15) is 9.97 Å². The zero-order valence-corrected chi connectivity index (χ0v) is 18.2. The maximum atomic E-state index is 6.17. The van der Waals surface area contributed by atoms with E-state index in [4.69, 9.17) is 18.9 Å². The van der Waals surface area contributed by atoms with E-state index in [2.05, 4.69) is 26.0 Å². The lowest BCUT2D eigenvalue weighted by Gasteiger charge is -2.16. The minimum atomic E-state index is 0.162. The smallest absolute Gasteiger partial charge is 0.271 e. The van der Waals surface area contributed by atoms with Crippen molar-refractivity contribution in [2.75, 3.05) is 14.2 Å². The highest BCUT2D eigenvalue weighted by molar-refractivity contribution is 5.55. The molecule has 4 rings (SSSR count). The van der Waals surface area contributed by atoms with Crippen LogP contribution < -0.4 is 18.9 Å². The second-order valence-corrected chi connectivity index (χ2v) is 6.94. The van der Waals surface area contributed by atoms with Gasteiger partial charge in [-0.25, -0.2) is 9.97 Å². The van der Waals surface area contributed by atoms with Crippen molar-refractivity contribution >= 4 is 0 Å². The van der Waals surface area contributed by atoms with Crippen LogP contribution in [0, 0.1) is 13.8 Å². The van der Waals surface area contributed by atoms with Crippen molar-refractivity contribution in [2.45, 2.75) is 13.8 Å². The molecule has 2 aromatic heterocycles. The van der Waals surface area contributed by atoms with Gasteiger partial charge in [0.1, 0.15) is 5.75 Å². The third kappa shape index (κ3) is 4.59. The zero-order valence-electron chi connectivity index (χ0n) is 18.2. The van der Waals surface area contributed by atoms with E-state index in [9.17, 15) is 0 Å².